The fraction of sp³-hybridized carbons (Fsp3) is 0.350. The van der Waals surface area contributed by atoms with Gasteiger partial charge in [0.25, 0.3) is 0 Å². The lowest BCUT2D eigenvalue weighted by Gasteiger charge is -2.17. The normalized spacial score (nSPS) is 12.1. The SMILES string of the molecule is CCC(NC(=O)CSc1nnc(-c2ccco2)n1CC)c1ccc(C)cc1. The number of benzene rings is 1. The van der Waals surface area contributed by atoms with Crippen LogP contribution < -0.4 is 5.32 Å². The molecule has 27 heavy (non-hydrogen) atoms. The molecule has 3 aromatic rings. The van der Waals surface area contributed by atoms with Gasteiger partial charge >= 0.3 is 0 Å². The van der Waals surface area contributed by atoms with Gasteiger partial charge < -0.3 is 9.73 Å². The molecule has 2 heterocycles. The topological polar surface area (TPSA) is 73.0 Å². The minimum absolute atomic E-state index is 0.0152. The predicted molar refractivity (Wildman–Crippen MR) is 106 cm³/mol. The Morgan fingerprint density at radius 1 is 1.22 bits per heavy atom. The van der Waals surface area contributed by atoms with Crippen LogP contribution in [-0.2, 0) is 11.3 Å². The monoisotopic (exact) mass is 384 g/mol. The third-order valence-electron chi connectivity index (χ3n) is 4.33. The first kappa shape index (κ1) is 19.2. The van der Waals surface area contributed by atoms with E-state index in [0.717, 1.165) is 12.0 Å². The van der Waals surface area contributed by atoms with Gasteiger partial charge in [0.05, 0.1) is 18.1 Å². The average Bonchev–Trinajstić information content (AvgIpc) is 3.34. The van der Waals surface area contributed by atoms with E-state index in [4.69, 9.17) is 4.42 Å². The predicted octanol–water partition coefficient (Wildman–Crippen LogP) is 4.23. The number of nitrogens with zero attached hydrogens (tertiary/aromatic N) is 3. The van der Waals surface area contributed by atoms with Crippen LogP contribution in [0.25, 0.3) is 11.6 Å². The molecular weight excluding hydrogens is 360 g/mol. The quantitative estimate of drug-likeness (QED) is 0.589. The van der Waals surface area contributed by atoms with Crippen molar-refractivity contribution in [1.29, 1.82) is 0 Å². The van der Waals surface area contributed by atoms with Crippen LogP contribution in [0, 0.1) is 6.92 Å². The van der Waals surface area contributed by atoms with Crippen LogP contribution in [0.4, 0.5) is 0 Å². The van der Waals surface area contributed by atoms with Crippen LogP contribution in [0.2, 0.25) is 0 Å². The maximum absolute atomic E-state index is 12.5. The summed E-state index contributed by atoms with van der Waals surface area (Å²) >= 11 is 1.38. The van der Waals surface area contributed by atoms with Crippen molar-refractivity contribution in [3.8, 4) is 11.6 Å². The number of furan rings is 1. The first-order chi connectivity index (χ1) is 13.1. The summed E-state index contributed by atoms with van der Waals surface area (Å²) in [7, 11) is 0. The first-order valence-electron chi connectivity index (χ1n) is 9.08. The number of hydrogen-bond donors (Lipinski definition) is 1. The molecule has 0 radical (unpaired) electrons. The Kier molecular flexibility index (Phi) is 6.34. The van der Waals surface area contributed by atoms with Crippen molar-refractivity contribution in [2.45, 2.75) is 44.9 Å². The van der Waals surface area contributed by atoms with Gasteiger partial charge in [-0.3, -0.25) is 9.36 Å². The molecule has 0 aliphatic carbocycles. The van der Waals surface area contributed by atoms with Gasteiger partial charge in [0.15, 0.2) is 16.7 Å². The molecule has 3 rings (SSSR count). The zero-order chi connectivity index (χ0) is 19.2. The lowest BCUT2D eigenvalue weighted by molar-refractivity contribution is -0.119. The zero-order valence-electron chi connectivity index (χ0n) is 15.8. The van der Waals surface area contributed by atoms with Crippen LogP contribution in [-0.4, -0.2) is 26.4 Å². The lowest BCUT2D eigenvalue weighted by atomic mass is 10.0. The van der Waals surface area contributed by atoms with Gasteiger partial charge in [0, 0.05) is 6.54 Å². The second-order valence-corrected chi connectivity index (χ2v) is 7.20. The fourth-order valence-electron chi connectivity index (χ4n) is 2.85. The lowest BCUT2D eigenvalue weighted by Crippen LogP contribution is -2.29. The number of amides is 1. The Morgan fingerprint density at radius 2 is 2.00 bits per heavy atom. The third-order valence-corrected chi connectivity index (χ3v) is 5.30. The van der Waals surface area contributed by atoms with E-state index in [1.165, 1.54) is 17.3 Å². The third kappa shape index (κ3) is 4.60. The highest BCUT2D eigenvalue weighted by molar-refractivity contribution is 7.99. The van der Waals surface area contributed by atoms with Crippen LogP contribution in [0.1, 0.15) is 37.4 Å². The van der Waals surface area contributed by atoms with Crippen molar-refractivity contribution >= 4 is 17.7 Å². The molecule has 142 valence electrons. The maximum Gasteiger partial charge on any atom is 0.230 e. The highest BCUT2D eigenvalue weighted by atomic mass is 32.2. The Hall–Kier alpha value is -2.54. The molecule has 1 unspecified atom stereocenters. The number of hydrogen-bond acceptors (Lipinski definition) is 5. The molecule has 0 fully saturated rings. The molecule has 1 amide bonds. The summed E-state index contributed by atoms with van der Waals surface area (Å²) in [6.45, 7) is 6.85. The van der Waals surface area contributed by atoms with E-state index in [-0.39, 0.29) is 11.9 Å². The van der Waals surface area contributed by atoms with Gasteiger partial charge in [-0.2, -0.15) is 0 Å². The number of aromatic nitrogens is 3. The molecule has 7 heteroatoms. The molecule has 2 aromatic heterocycles. The van der Waals surface area contributed by atoms with Crippen molar-refractivity contribution in [2.75, 3.05) is 5.75 Å². The Bertz CT molecular complexity index is 872. The molecule has 0 aliphatic heterocycles. The molecule has 0 saturated carbocycles. The molecule has 0 aliphatic rings. The summed E-state index contributed by atoms with van der Waals surface area (Å²) in [5, 5.41) is 12.2. The highest BCUT2D eigenvalue weighted by Gasteiger charge is 2.17. The number of aryl methyl sites for hydroxylation is 1. The zero-order valence-corrected chi connectivity index (χ0v) is 16.6. The second kappa shape index (κ2) is 8.90. The van der Waals surface area contributed by atoms with Crippen LogP contribution in [0.3, 0.4) is 0 Å². The van der Waals surface area contributed by atoms with Gasteiger partial charge in [-0.15, -0.1) is 10.2 Å². The average molecular weight is 385 g/mol. The fourth-order valence-corrected chi connectivity index (χ4v) is 3.67. The standard InChI is InChI=1S/C20H24N4O2S/c1-4-16(15-10-8-14(3)9-11-15)21-18(25)13-27-20-23-22-19(24(20)5-2)17-7-6-12-26-17/h6-12,16H,4-5,13H2,1-3H3,(H,21,25). The Labute approximate surface area is 163 Å². The van der Waals surface area contributed by atoms with Crippen molar-refractivity contribution in [1.82, 2.24) is 20.1 Å². The van der Waals surface area contributed by atoms with Crippen molar-refractivity contribution < 1.29 is 9.21 Å². The van der Waals surface area contributed by atoms with Gasteiger partial charge in [-0.25, -0.2) is 0 Å². The summed E-state index contributed by atoms with van der Waals surface area (Å²) in [5.74, 6) is 1.62. The van der Waals surface area contributed by atoms with Crippen molar-refractivity contribution in [3.63, 3.8) is 0 Å². The van der Waals surface area contributed by atoms with E-state index < -0.39 is 0 Å². The molecule has 0 saturated heterocycles. The Morgan fingerprint density at radius 3 is 2.63 bits per heavy atom. The van der Waals surface area contributed by atoms with E-state index >= 15 is 0 Å². The smallest absolute Gasteiger partial charge is 0.230 e. The van der Waals surface area contributed by atoms with Gasteiger partial charge in [0.2, 0.25) is 5.91 Å². The number of nitrogens with one attached hydrogen (secondary N) is 1. The highest BCUT2D eigenvalue weighted by Crippen LogP contribution is 2.24. The minimum atomic E-state index is -0.0161. The largest absolute Gasteiger partial charge is 0.461 e. The number of thioether (sulfide) groups is 1. The van der Waals surface area contributed by atoms with E-state index in [2.05, 4.69) is 53.6 Å². The maximum atomic E-state index is 12.5. The molecule has 0 bridgehead atoms. The number of carbonyl (C=O) groups is 1. The molecule has 1 aromatic carbocycles. The van der Waals surface area contributed by atoms with E-state index in [1.54, 1.807) is 6.26 Å². The van der Waals surface area contributed by atoms with Crippen LogP contribution in [0.5, 0.6) is 0 Å². The number of rotatable bonds is 8. The first-order valence-corrected chi connectivity index (χ1v) is 10.1. The summed E-state index contributed by atoms with van der Waals surface area (Å²) in [6, 6.07) is 12.0. The number of carbonyl (C=O) groups excluding carboxylic acids is 1. The molecule has 6 nitrogen and oxygen atoms in total. The summed E-state index contributed by atoms with van der Waals surface area (Å²) < 4.78 is 7.37. The van der Waals surface area contributed by atoms with Gasteiger partial charge in [0.1, 0.15) is 0 Å². The summed E-state index contributed by atoms with van der Waals surface area (Å²) in [6.07, 6.45) is 2.45. The Balaban J connectivity index is 1.63. The van der Waals surface area contributed by atoms with Crippen LogP contribution in [0.15, 0.2) is 52.2 Å². The molecule has 0 spiro atoms. The van der Waals surface area contributed by atoms with E-state index in [9.17, 15) is 4.79 Å². The molecule has 1 atom stereocenters. The molecule has 1 N–H and O–H groups in total. The molecular formula is C20H24N4O2S. The van der Waals surface area contributed by atoms with Gasteiger partial charge in [-0.1, -0.05) is 48.5 Å². The van der Waals surface area contributed by atoms with E-state index in [0.29, 0.717) is 29.0 Å². The van der Waals surface area contributed by atoms with Crippen molar-refractivity contribution in [2.24, 2.45) is 0 Å². The van der Waals surface area contributed by atoms with Gasteiger partial charge in [-0.05, 0) is 38.0 Å². The van der Waals surface area contributed by atoms with E-state index in [1.807, 2.05) is 23.6 Å². The second-order valence-electron chi connectivity index (χ2n) is 6.26. The van der Waals surface area contributed by atoms with Crippen LogP contribution >= 0.6 is 11.8 Å². The van der Waals surface area contributed by atoms with Crippen molar-refractivity contribution in [3.05, 3.63) is 53.8 Å². The minimum Gasteiger partial charge on any atom is -0.461 e. The summed E-state index contributed by atoms with van der Waals surface area (Å²) in [4.78, 5) is 12.5. The summed E-state index contributed by atoms with van der Waals surface area (Å²) in [5.41, 5.74) is 2.33.